The van der Waals surface area contributed by atoms with Gasteiger partial charge in [-0.2, -0.15) is 0 Å². The molecule has 0 bridgehead atoms. The Morgan fingerprint density at radius 1 is 1.61 bits per heavy atom. The number of nitro benzene ring substituents is 1. The Balaban J connectivity index is 2.69. The van der Waals surface area contributed by atoms with Crippen LogP contribution in [0.25, 0.3) is 0 Å². The monoisotopic (exact) mass is 271 g/mol. The molecule has 1 aromatic carbocycles. The van der Waals surface area contributed by atoms with Crippen LogP contribution in [0, 0.1) is 10.1 Å². The lowest BCUT2D eigenvalue weighted by atomic mass is 10.2. The number of hydrogen-bond acceptors (Lipinski definition) is 4. The van der Waals surface area contributed by atoms with E-state index in [4.69, 9.17) is 17.3 Å². The highest BCUT2D eigenvalue weighted by molar-refractivity contribution is 6.31. The fraction of sp³-hybridized carbons (Fsp3) is 0.364. The summed E-state index contributed by atoms with van der Waals surface area (Å²) in [5.41, 5.74) is 5.92. The number of nitrogens with two attached hydrogens (primary N) is 1. The SMILES string of the molecule is CC(N)CC(=O)NCc1cc([N+](=O)[O-])ccc1Cl. The molecule has 1 unspecified atom stereocenters. The van der Waals surface area contributed by atoms with E-state index in [2.05, 4.69) is 5.32 Å². The highest BCUT2D eigenvalue weighted by Crippen LogP contribution is 2.21. The zero-order valence-electron chi connectivity index (χ0n) is 9.85. The Morgan fingerprint density at radius 2 is 2.28 bits per heavy atom. The molecule has 0 saturated carbocycles. The van der Waals surface area contributed by atoms with E-state index in [1.54, 1.807) is 6.92 Å². The van der Waals surface area contributed by atoms with Crippen LogP contribution in [0.3, 0.4) is 0 Å². The highest BCUT2D eigenvalue weighted by atomic mass is 35.5. The van der Waals surface area contributed by atoms with E-state index in [1.165, 1.54) is 18.2 Å². The van der Waals surface area contributed by atoms with Gasteiger partial charge in [0, 0.05) is 36.2 Å². The first-order chi connectivity index (χ1) is 8.40. The van der Waals surface area contributed by atoms with Gasteiger partial charge >= 0.3 is 0 Å². The molecule has 0 aliphatic rings. The Kier molecular flexibility index (Phi) is 5.06. The molecule has 6 nitrogen and oxygen atoms in total. The molecule has 98 valence electrons. The largest absolute Gasteiger partial charge is 0.352 e. The van der Waals surface area contributed by atoms with Crippen molar-refractivity contribution in [1.29, 1.82) is 0 Å². The number of nitro groups is 1. The van der Waals surface area contributed by atoms with E-state index in [9.17, 15) is 14.9 Å². The van der Waals surface area contributed by atoms with Crippen LogP contribution in [0.4, 0.5) is 5.69 Å². The summed E-state index contributed by atoms with van der Waals surface area (Å²) in [5.74, 6) is -0.215. The fourth-order valence-corrected chi connectivity index (χ4v) is 1.55. The predicted octanol–water partition coefficient (Wildman–Crippen LogP) is 1.60. The van der Waals surface area contributed by atoms with Gasteiger partial charge in [0.15, 0.2) is 0 Å². The number of hydrogen-bond donors (Lipinski definition) is 2. The summed E-state index contributed by atoms with van der Waals surface area (Å²) in [7, 11) is 0. The van der Waals surface area contributed by atoms with E-state index in [0.717, 1.165) is 0 Å². The summed E-state index contributed by atoms with van der Waals surface area (Å²) in [5, 5.41) is 13.6. The first-order valence-electron chi connectivity index (χ1n) is 5.35. The molecule has 18 heavy (non-hydrogen) atoms. The number of rotatable bonds is 5. The summed E-state index contributed by atoms with van der Waals surface area (Å²) in [6.07, 6.45) is 0.201. The van der Waals surface area contributed by atoms with Gasteiger partial charge in [0.25, 0.3) is 5.69 Å². The lowest BCUT2D eigenvalue weighted by Gasteiger charge is -2.08. The van der Waals surface area contributed by atoms with E-state index in [1.807, 2.05) is 0 Å². The van der Waals surface area contributed by atoms with Crippen molar-refractivity contribution >= 4 is 23.2 Å². The van der Waals surface area contributed by atoms with Crippen LogP contribution in [-0.4, -0.2) is 16.9 Å². The summed E-state index contributed by atoms with van der Waals surface area (Å²) in [6, 6.07) is 3.86. The smallest absolute Gasteiger partial charge is 0.269 e. The molecule has 0 fully saturated rings. The number of halogens is 1. The standard InChI is InChI=1S/C11H14ClN3O3/c1-7(13)4-11(16)14-6-8-5-9(15(17)18)2-3-10(8)12/h2-3,5,7H,4,6,13H2,1H3,(H,14,16). The molecule has 0 heterocycles. The van der Waals surface area contributed by atoms with Crippen molar-refractivity contribution in [2.45, 2.75) is 25.9 Å². The van der Waals surface area contributed by atoms with E-state index < -0.39 is 4.92 Å². The van der Waals surface area contributed by atoms with Gasteiger partial charge in [-0.15, -0.1) is 0 Å². The molecule has 0 saturated heterocycles. The third kappa shape index (κ3) is 4.31. The summed E-state index contributed by atoms with van der Waals surface area (Å²) < 4.78 is 0. The van der Waals surface area contributed by atoms with Gasteiger partial charge in [-0.3, -0.25) is 14.9 Å². The number of benzene rings is 1. The van der Waals surface area contributed by atoms with Crippen LogP contribution < -0.4 is 11.1 Å². The lowest BCUT2D eigenvalue weighted by molar-refractivity contribution is -0.384. The van der Waals surface area contributed by atoms with Crippen molar-refractivity contribution in [1.82, 2.24) is 5.32 Å². The summed E-state index contributed by atoms with van der Waals surface area (Å²) in [4.78, 5) is 21.5. The molecule has 0 aliphatic carbocycles. The Hall–Kier alpha value is -1.66. The second-order valence-corrected chi connectivity index (χ2v) is 4.40. The second-order valence-electron chi connectivity index (χ2n) is 3.99. The number of carbonyl (C=O) groups is 1. The Bertz CT molecular complexity index is 463. The van der Waals surface area contributed by atoms with Crippen LogP contribution in [0.1, 0.15) is 18.9 Å². The minimum absolute atomic E-state index is 0.0594. The zero-order valence-corrected chi connectivity index (χ0v) is 10.6. The van der Waals surface area contributed by atoms with Crippen LogP contribution in [-0.2, 0) is 11.3 Å². The molecule has 7 heteroatoms. The van der Waals surface area contributed by atoms with Crippen molar-refractivity contribution in [3.63, 3.8) is 0 Å². The fourth-order valence-electron chi connectivity index (χ4n) is 1.37. The molecule has 3 N–H and O–H groups in total. The number of nitrogens with zero attached hydrogens (tertiary/aromatic N) is 1. The molecular weight excluding hydrogens is 258 g/mol. The highest BCUT2D eigenvalue weighted by Gasteiger charge is 2.11. The van der Waals surface area contributed by atoms with Crippen molar-refractivity contribution in [3.8, 4) is 0 Å². The topological polar surface area (TPSA) is 98.3 Å². The molecule has 1 atom stereocenters. The summed E-state index contributed by atoms with van der Waals surface area (Å²) in [6.45, 7) is 1.87. The Labute approximate surface area is 109 Å². The quantitative estimate of drug-likeness (QED) is 0.628. The molecule has 0 aromatic heterocycles. The summed E-state index contributed by atoms with van der Waals surface area (Å²) >= 11 is 5.89. The molecule has 1 amide bonds. The molecule has 0 radical (unpaired) electrons. The van der Waals surface area contributed by atoms with Crippen molar-refractivity contribution in [2.75, 3.05) is 0 Å². The zero-order chi connectivity index (χ0) is 13.7. The average Bonchev–Trinajstić information content (AvgIpc) is 2.26. The number of non-ortho nitro benzene ring substituents is 1. The molecule has 1 aromatic rings. The van der Waals surface area contributed by atoms with Crippen LogP contribution >= 0.6 is 11.6 Å². The van der Waals surface area contributed by atoms with Gasteiger partial charge in [0.05, 0.1) is 4.92 Å². The minimum Gasteiger partial charge on any atom is -0.352 e. The molecule has 0 aliphatic heterocycles. The van der Waals surface area contributed by atoms with Crippen LogP contribution in [0.5, 0.6) is 0 Å². The lowest BCUT2D eigenvalue weighted by Crippen LogP contribution is -2.29. The number of nitrogens with one attached hydrogen (secondary N) is 1. The van der Waals surface area contributed by atoms with E-state index >= 15 is 0 Å². The van der Waals surface area contributed by atoms with E-state index in [-0.39, 0.29) is 30.6 Å². The van der Waals surface area contributed by atoms with Gasteiger partial charge in [0.2, 0.25) is 5.91 Å². The molecule has 0 spiro atoms. The van der Waals surface area contributed by atoms with Crippen molar-refractivity contribution in [2.24, 2.45) is 5.73 Å². The number of carbonyl (C=O) groups excluding carboxylic acids is 1. The first kappa shape index (κ1) is 14.4. The van der Waals surface area contributed by atoms with Gasteiger partial charge in [-0.1, -0.05) is 11.6 Å². The average molecular weight is 272 g/mol. The maximum Gasteiger partial charge on any atom is 0.269 e. The second kappa shape index (κ2) is 6.32. The normalized spacial score (nSPS) is 11.9. The van der Waals surface area contributed by atoms with Gasteiger partial charge in [0.1, 0.15) is 0 Å². The third-order valence-corrected chi connectivity index (χ3v) is 2.59. The van der Waals surface area contributed by atoms with Crippen molar-refractivity contribution in [3.05, 3.63) is 38.9 Å². The number of amides is 1. The molecule has 1 rings (SSSR count). The molecular formula is C11H14ClN3O3. The van der Waals surface area contributed by atoms with Crippen LogP contribution in [0.15, 0.2) is 18.2 Å². The predicted molar refractivity (Wildman–Crippen MR) is 68.2 cm³/mol. The maximum atomic E-state index is 11.4. The Morgan fingerprint density at radius 3 is 2.83 bits per heavy atom. The first-order valence-corrected chi connectivity index (χ1v) is 5.73. The third-order valence-electron chi connectivity index (χ3n) is 2.22. The van der Waals surface area contributed by atoms with Crippen molar-refractivity contribution < 1.29 is 9.72 Å². The van der Waals surface area contributed by atoms with Gasteiger partial charge in [-0.25, -0.2) is 0 Å². The van der Waals surface area contributed by atoms with Gasteiger partial charge < -0.3 is 11.1 Å². The van der Waals surface area contributed by atoms with Crippen LogP contribution in [0.2, 0.25) is 5.02 Å². The maximum absolute atomic E-state index is 11.4. The van der Waals surface area contributed by atoms with E-state index in [0.29, 0.717) is 10.6 Å². The van der Waals surface area contributed by atoms with Gasteiger partial charge in [-0.05, 0) is 18.6 Å². The minimum atomic E-state index is -0.510.